The number of alkyl halides is 3. The number of fused-ring (bicyclic) bond motifs is 2. The summed E-state index contributed by atoms with van der Waals surface area (Å²) in [4.78, 5) is 0. The molecule has 124 valence electrons. The van der Waals surface area contributed by atoms with Gasteiger partial charge in [-0.3, -0.25) is 0 Å². The molecular weight excluding hydrogens is 327 g/mol. The van der Waals surface area contributed by atoms with Gasteiger partial charge in [0.1, 0.15) is 5.82 Å². The second-order valence-electron chi connectivity index (χ2n) is 5.05. The van der Waals surface area contributed by atoms with Gasteiger partial charge in [0.25, 0.3) is 5.82 Å². The fourth-order valence-electron chi connectivity index (χ4n) is 2.30. The Kier molecular flexibility index (Phi) is 3.18. The van der Waals surface area contributed by atoms with E-state index in [1.54, 1.807) is 12.1 Å². The first-order valence-electron chi connectivity index (χ1n) is 6.93. The molecule has 0 saturated heterocycles. The summed E-state index contributed by atoms with van der Waals surface area (Å²) < 4.78 is 49.7. The van der Waals surface area contributed by atoms with Crippen molar-refractivity contribution >= 4 is 11.5 Å². The van der Waals surface area contributed by atoms with Crippen LogP contribution in [0.15, 0.2) is 30.3 Å². The van der Waals surface area contributed by atoms with E-state index < -0.39 is 12.0 Å². The number of anilines is 1. The van der Waals surface area contributed by atoms with Crippen molar-refractivity contribution in [2.45, 2.75) is 12.7 Å². The highest BCUT2D eigenvalue weighted by Crippen LogP contribution is 2.32. The third-order valence-electron chi connectivity index (χ3n) is 3.43. The molecule has 1 N–H and O–H groups in total. The lowest BCUT2D eigenvalue weighted by Gasteiger charge is -2.08. The van der Waals surface area contributed by atoms with E-state index in [9.17, 15) is 13.2 Å². The smallest absolute Gasteiger partial charge is 0.453 e. The molecule has 2 aromatic heterocycles. The maximum atomic E-state index is 12.9. The molecule has 1 aromatic carbocycles. The van der Waals surface area contributed by atoms with Gasteiger partial charge >= 0.3 is 6.18 Å². The van der Waals surface area contributed by atoms with E-state index in [1.165, 1.54) is 12.1 Å². The minimum Gasteiger partial charge on any atom is -0.454 e. The zero-order chi connectivity index (χ0) is 16.7. The molecule has 0 bridgehead atoms. The predicted molar refractivity (Wildman–Crippen MR) is 75.7 cm³/mol. The minimum absolute atomic E-state index is 0.0240. The lowest BCUT2D eigenvalue weighted by molar-refractivity contribution is -0.146. The molecule has 1 aliphatic rings. The van der Waals surface area contributed by atoms with E-state index in [-0.39, 0.29) is 18.3 Å². The van der Waals surface area contributed by atoms with Crippen LogP contribution in [0.5, 0.6) is 11.5 Å². The molecule has 0 spiro atoms. The summed E-state index contributed by atoms with van der Waals surface area (Å²) in [5.74, 6) is 0.406. The first-order chi connectivity index (χ1) is 11.5. The fourth-order valence-corrected chi connectivity index (χ4v) is 2.30. The van der Waals surface area contributed by atoms with Crippen LogP contribution in [0.3, 0.4) is 0 Å². The highest BCUT2D eigenvalue weighted by atomic mass is 19.4. The molecule has 0 aliphatic carbocycles. The third kappa shape index (κ3) is 2.55. The molecule has 1 aliphatic heterocycles. The average Bonchev–Trinajstić information content (AvgIpc) is 3.17. The van der Waals surface area contributed by atoms with Crippen molar-refractivity contribution in [2.75, 3.05) is 12.1 Å². The summed E-state index contributed by atoms with van der Waals surface area (Å²) in [6.07, 6.45) is -4.62. The Morgan fingerprint density at radius 1 is 1.08 bits per heavy atom. The normalized spacial score (nSPS) is 13.5. The second-order valence-corrected chi connectivity index (χ2v) is 5.05. The number of benzene rings is 1. The zero-order valence-electron chi connectivity index (χ0n) is 12.0. The van der Waals surface area contributed by atoms with Gasteiger partial charge in [-0.2, -0.15) is 17.7 Å². The number of nitrogens with zero attached hydrogens (tertiary/aromatic N) is 4. The van der Waals surface area contributed by atoms with Gasteiger partial charge in [0.05, 0.1) is 0 Å². The standard InChI is InChI=1S/C14H10F3N5O2/c15-14(16,17)13-20-19-12-4-3-11(21-22(12)13)18-6-8-1-2-9-10(5-8)24-7-23-9/h1-5H,6-7H2,(H,18,21). The van der Waals surface area contributed by atoms with Crippen LogP contribution in [-0.4, -0.2) is 26.6 Å². The molecule has 24 heavy (non-hydrogen) atoms. The molecule has 10 heteroatoms. The van der Waals surface area contributed by atoms with Gasteiger partial charge in [-0.1, -0.05) is 6.07 Å². The maximum absolute atomic E-state index is 12.9. The third-order valence-corrected chi connectivity index (χ3v) is 3.43. The van der Waals surface area contributed by atoms with Gasteiger partial charge in [-0.15, -0.1) is 15.3 Å². The summed E-state index contributed by atoms with van der Waals surface area (Å²) in [5.41, 5.74) is 0.900. The first-order valence-corrected chi connectivity index (χ1v) is 6.93. The number of rotatable bonds is 3. The zero-order valence-corrected chi connectivity index (χ0v) is 12.0. The van der Waals surface area contributed by atoms with Crippen molar-refractivity contribution in [3.05, 3.63) is 41.7 Å². The van der Waals surface area contributed by atoms with Crippen LogP contribution in [0, 0.1) is 0 Å². The number of aromatic nitrogens is 4. The molecule has 3 heterocycles. The monoisotopic (exact) mass is 337 g/mol. The van der Waals surface area contributed by atoms with E-state index in [0.29, 0.717) is 22.6 Å². The Balaban J connectivity index is 1.56. The number of ether oxygens (including phenoxy) is 2. The lowest BCUT2D eigenvalue weighted by Crippen LogP contribution is -2.13. The minimum atomic E-state index is -4.62. The highest BCUT2D eigenvalue weighted by Gasteiger charge is 2.37. The van der Waals surface area contributed by atoms with Crippen molar-refractivity contribution < 1.29 is 22.6 Å². The predicted octanol–water partition coefficient (Wildman–Crippen LogP) is 2.48. The van der Waals surface area contributed by atoms with Crippen molar-refractivity contribution in [1.29, 1.82) is 0 Å². The first kappa shape index (κ1) is 14.5. The number of hydrogen-bond donors (Lipinski definition) is 1. The van der Waals surface area contributed by atoms with Crippen molar-refractivity contribution in [1.82, 2.24) is 19.8 Å². The Bertz CT molecular complexity index is 909. The Hall–Kier alpha value is -3.04. The Morgan fingerprint density at radius 3 is 2.75 bits per heavy atom. The van der Waals surface area contributed by atoms with Crippen molar-refractivity contribution in [2.24, 2.45) is 0 Å². The SMILES string of the molecule is FC(F)(F)c1nnc2ccc(NCc3ccc4c(c3)OCO4)nn12. The molecule has 0 radical (unpaired) electrons. The van der Waals surface area contributed by atoms with Crippen LogP contribution >= 0.6 is 0 Å². The molecular formula is C14H10F3N5O2. The molecule has 0 amide bonds. The Labute approximate surface area is 133 Å². The summed E-state index contributed by atoms with van der Waals surface area (Å²) in [6.45, 7) is 0.539. The molecule has 0 saturated carbocycles. The lowest BCUT2D eigenvalue weighted by atomic mass is 10.2. The summed E-state index contributed by atoms with van der Waals surface area (Å²) in [5, 5.41) is 13.4. The topological polar surface area (TPSA) is 73.6 Å². The van der Waals surface area contributed by atoms with Gasteiger partial charge in [0, 0.05) is 6.54 Å². The molecule has 3 aromatic rings. The Morgan fingerprint density at radius 2 is 1.92 bits per heavy atom. The summed E-state index contributed by atoms with van der Waals surface area (Å²) >= 11 is 0. The molecule has 7 nitrogen and oxygen atoms in total. The van der Waals surface area contributed by atoms with Crippen molar-refractivity contribution in [3.8, 4) is 11.5 Å². The van der Waals surface area contributed by atoms with E-state index in [2.05, 4.69) is 20.6 Å². The molecule has 0 atom stereocenters. The quantitative estimate of drug-likeness (QED) is 0.792. The van der Waals surface area contributed by atoms with Crippen LogP contribution < -0.4 is 14.8 Å². The average molecular weight is 337 g/mol. The maximum Gasteiger partial charge on any atom is 0.453 e. The van der Waals surface area contributed by atoms with Crippen LogP contribution in [-0.2, 0) is 12.7 Å². The van der Waals surface area contributed by atoms with Crippen LogP contribution in [0.2, 0.25) is 0 Å². The second kappa shape index (κ2) is 5.25. The largest absolute Gasteiger partial charge is 0.454 e. The van der Waals surface area contributed by atoms with Gasteiger partial charge in [-0.05, 0) is 29.8 Å². The van der Waals surface area contributed by atoms with Crippen LogP contribution in [0.25, 0.3) is 5.65 Å². The van der Waals surface area contributed by atoms with E-state index >= 15 is 0 Å². The van der Waals surface area contributed by atoms with E-state index in [4.69, 9.17) is 9.47 Å². The molecule has 0 fully saturated rings. The van der Waals surface area contributed by atoms with Gasteiger partial charge < -0.3 is 14.8 Å². The van der Waals surface area contributed by atoms with Gasteiger partial charge in [0.15, 0.2) is 17.1 Å². The van der Waals surface area contributed by atoms with Crippen LogP contribution in [0.4, 0.5) is 19.0 Å². The number of halogens is 3. The number of nitrogens with one attached hydrogen (secondary N) is 1. The van der Waals surface area contributed by atoms with Gasteiger partial charge in [0.2, 0.25) is 6.79 Å². The van der Waals surface area contributed by atoms with Crippen LogP contribution in [0.1, 0.15) is 11.4 Å². The molecule has 0 unspecified atom stereocenters. The van der Waals surface area contributed by atoms with E-state index in [0.717, 1.165) is 5.56 Å². The molecule has 4 rings (SSSR count). The summed E-state index contributed by atoms with van der Waals surface area (Å²) in [7, 11) is 0. The fraction of sp³-hybridized carbons (Fsp3) is 0.214. The highest BCUT2D eigenvalue weighted by molar-refractivity contribution is 5.47. The van der Waals surface area contributed by atoms with Gasteiger partial charge in [-0.25, -0.2) is 0 Å². The number of hydrogen-bond acceptors (Lipinski definition) is 6. The van der Waals surface area contributed by atoms with E-state index in [1.807, 2.05) is 6.07 Å². The summed E-state index contributed by atoms with van der Waals surface area (Å²) in [6, 6.07) is 8.36. The van der Waals surface area contributed by atoms with Crippen molar-refractivity contribution in [3.63, 3.8) is 0 Å².